The third-order valence-corrected chi connectivity index (χ3v) is 5.18. The van der Waals surface area contributed by atoms with Crippen LogP contribution in [0.3, 0.4) is 0 Å². The second kappa shape index (κ2) is 4.57. The molecule has 0 radical (unpaired) electrons. The van der Waals surface area contributed by atoms with Gasteiger partial charge in [-0.3, -0.25) is 0 Å². The average Bonchev–Trinajstić information content (AvgIpc) is 2.75. The maximum absolute atomic E-state index is 11.9. The lowest BCUT2D eigenvalue weighted by atomic mass is 10.3. The van der Waals surface area contributed by atoms with Crippen LogP contribution in [0.5, 0.6) is 0 Å². The van der Waals surface area contributed by atoms with Gasteiger partial charge in [0, 0.05) is 25.1 Å². The highest BCUT2D eigenvalue weighted by Crippen LogP contribution is 2.21. The quantitative estimate of drug-likeness (QED) is 0.700. The topological polar surface area (TPSA) is 46.6 Å². The molecule has 4 nitrogen and oxygen atoms in total. The normalized spacial score (nSPS) is 33.7. The molecule has 0 N–H and O–H groups in total. The summed E-state index contributed by atoms with van der Waals surface area (Å²) in [5.41, 5.74) is 0. The molecule has 0 spiro atoms. The van der Waals surface area contributed by atoms with Crippen LogP contribution in [-0.2, 0) is 14.8 Å². The van der Waals surface area contributed by atoms with Crippen LogP contribution in [0.15, 0.2) is 0 Å². The van der Waals surface area contributed by atoms with Crippen molar-refractivity contribution in [3.8, 4) is 0 Å². The highest BCUT2D eigenvalue weighted by molar-refractivity contribution is 7.89. The van der Waals surface area contributed by atoms with E-state index in [0.717, 1.165) is 19.3 Å². The minimum absolute atomic E-state index is 0.0238. The monoisotopic (exact) mass is 253 g/mol. The molecule has 0 aliphatic carbocycles. The fourth-order valence-electron chi connectivity index (χ4n) is 2.06. The first kappa shape index (κ1) is 11.6. The molecule has 2 aliphatic heterocycles. The summed E-state index contributed by atoms with van der Waals surface area (Å²) in [4.78, 5) is 0. The molecule has 2 rings (SSSR count). The zero-order valence-electron chi connectivity index (χ0n) is 8.56. The number of ether oxygens (including phenoxy) is 1. The summed E-state index contributed by atoms with van der Waals surface area (Å²) in [5.74, 6) is 0.122. The van der Waals surface area contributed by atoms with Crippen molar-refractivity contribution >= 4 is 21.6 Å². The van der Waals surface area contributed by atoms with Crippen molar-refractivity contribution in [2.45, 2.75) is 30.7 Å². The third kappa shape index (κ3) is 2.84. The summed E-state index contributed by atoms with van der Waals surface area (Å²) < 4.78 is 30.7. The maximum atomic E-state index is 11.9. The molecule has 2 atom stereocenters. The average molecular weight is 254 g/mol. The van der Waals surface area contributed by atoms with Crippen LogP contribution >= 0.6 is 11.6 Å². The number of hydrogen-bond donors (Lipinski definition) is 0. The molecular formula is C9H16ClNO3S. The Hall–Kier alpha value is 0.160. The van der Waals surface area contributed by atoms with Gasteiger partial charge in [0.2, 0.25) is 10.0 Å². The molecule has 15 heavy (non-hydrogen) atoms. The Bertz CT molecular complexity index is 313. The molecule has 6 heteroatoms. The van der Waals surface area contributed by atoms with E-state index in [4.69, 9.17) is 16.3 Å². The van der Waals surface area contributed by atoms with E-state index in [1.165, 1.54) is 4.31 Å². The van der Waals surface area contributed by atoms with Gasteiger partial charge < -0.3 is 4.74 Å². The molecule has 2 fully saturated rings. The number of nitrogens with zero attached hydrogens (tertiary/aromatic N) is 1. The van der Waals surface area contributed by atoms with E-state index in [-0.39, 0.29) is 17.2 Å². The third-order valence-electron chi connectivity index (χ3n) is 2.91. The fraction of sp³-hybridized carbons (Fsp3) is 1.00. The van der Waals surface area contributed by atoms with Gasteiger partial charge in [-0.15, -0.1) is 11.6 Å². The first-order valence-corrected chi connectivity index (χ1v) is 7.36. The number of rotatable bonds is 3. The zero-order valence-corrected chi connectivity index (χ0v) is 10.1. The van der Waals surface area contributed by atoms with E-state index >= 15 is 0 Å². The van der Waals surface area contributed by atoms with Crippen molar-refractivity contribution in [1.29, 1.82) is 0 Å². The molecule has 0 aromatic rings. The van der Waals surface area contributed by atoms with E-state index in [1.54, 1.807) is 0 Å². The van der Waals surface area contributed by atoms with Crippen molar-refractivity contribution < 1.29 is 13.2 Å². The number of halogens is 1. The maximum Gasteiger partial charge on any atom is 0.216 e. The van der Waals surface area contributed by atoms with Gasteiger partial charge in [-0.05, 0) is 19.3 Å². The van der Waals surface area contributed by atoms with Gasteiger partial charge in [0.15, 0.2) is 0 Å². The molecule has 88 valence electrons. The molecule has 2 heterocycles. The van der Waals surface area contributed by atoms with Gasteiger partial charge in [-0.25, -0.2) is 12.7 Å². The van der Waals surface area contributed by atoms with Gasteiger partial charge in [0.05, 0.1) is 11.9 Å². The summed E-state index contributed by atoms with van der Waals surface area (Å²) in [6.07, 6.45) is 2.48. The summed E-state index contributed by atoms with van der Waals surface area (Å²) in [5, 5.41) is -0.0238. The van der Waals surface area contributed by atoms with E-state index in [0.29, 0.717) is 19.7 Å². The van der Waals surface area contributed by atoms with Crippen molar-refractivity contribution in [2.24, 2.45) is 0 Å². The van der Waals surface area contributed by atoms with E-state index in [1.807, 2.05) is 0 Å². The predicted octanol–water partition coefficient (Wildman–Crippen LogP) is 0.808. The molecule has 0 aromatic heterocycles. The predicted molar refractivity (Wildman–Crippen MR) is 58.6 cm³/mol. The summed E-state index contributed by atoms with van der Waals surface area (Å²) in [6, 6.07) is 0. The van der Waals surface area contributed by atoms with Gasteiger partial charge in [0.1, 0.15) is 0 Å². The lowest BCUT2D eigenvalue weighted by Crippen LogP contribution is -2.35. The van der Waals surface area contributed by atoms with Crippen LogP contribution in [0.1, 0.15) is 19.3 Å². The van der Waals surface area contributed by atoms with E-state index in [9.17, 15) is 8.42 Å². The number of sulfonamides is 1. The molecule has 2 saturated heterocycles. The second-order valence-corrected chi connectivity index (χ2v) is 6.79. The highest BCUT2D eigenvalue weighted by Gasteiger charge is 2.33. The lowest BCUT2D eigenvalue weighted by Gasteiger charge is -2.18. The van der Waals surface area contributed by atoms with Crippen LogP contribution in [0, 0.1) is 0 Å². The van der Waals surface area contributed by atoms with Gasteiger partial charge >= 0.3 is 0 Å². The second-order valence-electron chi connectivity index (χ2n) is 4.16. The van der Waals surface area contributed by atoms with Crippen molar-refractivity contribution in [1.82, 2.24) is 4.31 Å². The van der Waals surface area contributed by atoms with Crippen molar-refractivity contribution in [2.75, 3.05) is 25.4 Å². The van der Waals surface area contributed by atoms with Crippen molar-refractivity contribution in [3.63, 3.8) is 0 Å². The van der Waals surface area contributed by atoms with Crippen LogP contribution in [0.2, 0.25) is 0 Å². The Morgan fingerprint density at radius 3 is 2.73 bits per heavy atom. The standard InChI is InChI=1S/C9H16ClNO3S/c10-8-3-4-11(6-8)15(12,13)7-9-2-1-5-14-9/h8-9H,1-7H2. The van der Waals surface area contributed by atoms with Crippen LogP contribution in [-0.4, -0.2) is 49.7 Å². The lowest BCUT2D eigenvalue weighted by molar-refractivity contribution is 0.126. The Kier molecular flexibility index (Phi) is 3.55. The molecule has 0 bridgehead atoms. The van der Waals surface area contributed by atoms with E-state index < -0.39 is 10.0 Å². The molecule has 2 unspecified atom stereocenters. The summed E-state index contributed by atoms with van der Waals surface area (Å²) in [7, 11) is -3.15. The fourth-order valence-corrected chi connectivity index (χ4v) is 4.14. The Labute approximate surface area is 95.6 Å². The first-order chi connectivity index (χ1) is 7.08. The van der Waals surface area contributed by atoms with Crippen LogP contribution in [0.25, 0.3) is 0 Å². The highest BCUT2D eigenvalue weighted by atomic mass is 35.5. The SMILES string of the molecule is O=S(=O)(CC1CCCO1)N1CCC(Cl)C1. The Balaban J connectivity index is 1.94. The smallest absolute Gasteiger partial charge is 0.216 e. The minimum atomic E-state index is -3.15. The van der Waals surface area contributed by atoms with Gasteiger partial charge in [0.25, 0.3) is 0 Å². The first-order valence-electron chi connectivity index (χ1n) is 5.31. The zero-order chi connectivity index (χ0) is 10.9. The Morgan fingerprint density at radius 2 is 2.20 bits per heavy atom. The number of hydrogen-bond acceptors (Lipinski definition) is 3. The molecule has 2 aliphatic rings. The van der Waals surface area contributed by atoms with Crippen LogP contribution in [0.4, 0.5) is 0 Å². The Morgan fingerprint density at radius 1 is 1.40 bits per heavy atom. The molecule has 0 saturated carbocycles. The van der Waals surface area contributed by atoms with Crippen LogP contribution < -0.4 is 0 Å². The van der Waals surface area contributed by atoms with E-state index in [2.05, 4.69) is 0 Å². The van der Waals surface area contributed by atoms with Crippen molar-refractivity contribution in [3.05, 3.63) is 0 Å². The number of alkyl halides is 1. The molecule has 0 aromatic carbocycles. The largest absolute Gasteiger partial charge is 0.377 e. The van der Waals surface area contributed by atoms with Gasteiger partial charge in [-0.1, -0.05) is 0 Å². The summed E-state index contributed by atoms with van der Waals surface area (Å²) in [6.45, 7) is 1.71. The molecule has 0 amide bonds. The minimum Gasteiger partial charge on any atom is -0.377 e. The van der Waals surface area contributed by atoms with Gasteiger partial charge in [-0.2, -0.15) is 0 Å². The summed E-state index contributed by atoms with van der Waals surface area (Å²) >= 11 is 5.89. The molecular weight excluding hydrogens is 238 g/mol.